The first-order valence-electron chi connectivity index (χ1n) is 6.41. The van der Waals surface area contributed by atoms with Crippen molar-refractivity contribution in [2.45, 2.75) is 36.9 Å². The van der Waals surface area contributed by atoms with E-state index in [1.807, 2.05) is 24.3 Å². The van der Waals surface area contributed by atoms with Crippen LogP contribution in [0.5, 0.6) is 0 Å². The van der Waals surface area contributed by atoms with Gasteiger partial charge < -0.3 is 5.73 Å². The Balaban J connectivity index is 2.24. The van der Waals surface area contributed by atoms with Crippen LogP contribution in [0.2, 0.25) is 0 Å². The van der Waals surface area contributed by atoms with Gasteiger partial charge in [0.1, 0.15) is 0 Å². The summed E-state index contributed by atoms with van der Waals surface area (Å²) in [5.74, 6) is 0.428. The Morgan fingerprint density at radius 1 is 1.28 bits per heavy atom. The van der Waals surface area contributed by atoms with Crippen LogP contribution in [0.15, 0.2) is 24.3 Å². The number of rotatable bonds is 5. The number of benzene rings is 1. The minimum absolute atomic E-state index is 0.428. The molecule has 1 aliphatic rings. The van der Waals surface area contributed by atoms with Crippen molar-refractivity contribution in [3.63, 3.8) is 0 Å². The lowest BCUT2D eigenvalue weighted by molar-refractivity contribution is 0.586. The number of hydrogen-bond acceptors (Lipinski definition) is 3. The average Bonchev–Trinajstić information content (AvgIpc) is 3.10. The van der Waals surface area contributed by atoms with E-state index in [-0.39, 0.29) is 0 Å². The van der Waals surface area contributed by atoms with E-state index in [9.17, 15) is 8.42 Å². The van der Waals surface area contributed by atoms with Crippen LogP contribution in [-0.2, 0) is 14.6 Å². The van der Waals surface area contributed by atoms with Gasteiger partial charge in [-0.3, -0.25) is 0 Å². The van der Waals surface area contributed by atoms with Crippen LogP contribution >= 0.6 is 0 Å². The third-order valence-electron chi connectivity index (χ3n) is 4.02. The molecule has 2 rings (SSSR count). The molecule has 0 saturated heterocycles. The number of nitrogens with two attached hydrogens (primary N) is 1. The van der Waals surface area contributed by atoms with E-state index in [0.29, 0.717) is 12.5 Å². The van der Waals surface area contributed by atoms with Gasteiger partial charge in [0.2, 0.25) is 0 Å². The lowest BCUT2D eigenvalue weighted by Gasteiger charge is -2.16. The normalized spacial score (nSPS) is 19.5. The maximum Gasteiger partial charge on any atom is 0.157 e. The largest absolute Gasteiger partial charge is 0.330 e. The summed E-state index contributed by atoms with van der Waals surface area (Å²) >= 11 is 0. The van der Waals surface area contributed by atoms with Crippen LogP contribution in [0.1, 0.15) is 43.2 Å². The summed E-state index contributed by atoms with van der Waals surface area (Å²) in [5, 5.41) is 0. The predicted molar refractivity (Wildman–Crippen MR) is 74.3 cm³/mol. The van der Waals surface area contributed by atoms with E-state index in [1.165, 1.54) is 11.8 Å². The van der Waals surface area contributed by atoms with Crippen molar-refractivity contribution < 1.29 is 8.42 Å². The van der Waals surface area contributed by atoms with E-state index in [2.05, 4.69) is 6.92 Å². The summed E-state index contributed by atoms with van der Waals surface area (Å²) in [5.41, 5.74) is 7.72. The molecule has 1 atom stereocenters. The zero-order chi connectivity index (χ0) is 13.4. The van der Waals surface area contributed by atoms with Crippen LogP contribution in [0.25, 0.3) is 0 Å². The molecular formula is C14H21NO2S. The second-order valence-corrected chi connectivity index (χ2v) is 7.69. The first-order valence-corrected chi connectivity index (χ1v) is 8.30. The fourth-order valence-corrected chi connectivity index (χ4v) is 3.93. The van der Waals surface area contributed by atoms with Gasteiger partial charge in [0, 0.05) is 6.26 Å². The van der Waals surface area contributed by atoms with Gasteiger partial charge >= 0.3 is 0 Å². The molecule has 0 bridgehead atoms. The summed E-state index contributed by atoms with van der Waals surface area (Å²) < 4.78 is 23.0. The highest BCUT2D eigenvalue weighted by Crippen LogP contribution is 2.52. The molecule has 1 aromatic carbocycles. The highest BCUT2D eigenvalue weighted by molar-refractivity contribution is 7.92. The minimum atomic E-state index is -3.01. The monoisotopic (exact) mass is 267 g/mol. The predicted octanol–water partition coefficient (Wildman–Crippen LogP) is 2.17. The SMILES string of the molecule is CC(CCN)c1ccc(C2(S(C)(=O)=O)CC2)cc1. The van der Waals surface area contributed by atoms with Crippen molar-refractivity contribution in [3.05, 3.63) is 35.4 Å². The lowest BCUT2D eigenvalue weighted by Crippen LogP contribution is -2.19. The number of hydrogen-bond donors (Lipinski definition) is 1. The summed E-state index contributed by atoms with van der Waals surface area (Å²) in [6, 6.07) is 8.02. The quantitative estimate of drug-likeness (QED) is 0.889. The average molecular weight is 267 g/mol. The molecule has 100 valence electrons. The second kappa shape index (κ2) is 4.67. The zero-order valence-electron chi connectivity index (χ0n) is 11.0. The Morgan fingerprint density at radius 2 is 1.83 bits per heavy atom. The standard InChI is InChI=1S/C14H21NO2S/c1-11(7-10-15)12-3-5-13(6-4-12)14(8-9-14)18(2,16)17/h3-6,11H,7-10,15H2,1-2H3. The van der Waals surface area contributed by atoms with Gasteiger partial charge in [-0.1, -0.05) is 31.2 Å². The molecular weight excluding hydrogens is 246 g/mol. The van der Waals surface area contributed by atoms with Crippen LogP contribution in [0, 0.1) is 0 Å². The van der Waals surface area contributed by atoms with E-state index < -0.39 is 14.6 Å². The van der Waals surface area contributed by atoms with Gasteiger partial charge in [0.15, 0.2) is 9.84 Å². The maximum absolute atomic E-state index is 11.8. The Bertz CT molecular complexity index is 515. The molecule has 1 aromatic rings. The fraction of sp³-hybridized carbons (Fsp3) is 0.571. The minimum Gasteiger partial charge on any atom is -0.330 e. The Labute approximate surface area is 109 Å². The summed E-state index contributed by atoms with van der Waals surface area (Å²) in [7, 11) is -3.01. The summed E-state index contributed by atoms with van der Waals surface area (Å²) in [6.07, 6.45) is 3.80. The van der Waals surface area contributed by atoms with Crippen molar-refractivity contribution in [1.29, 1.82) is 0 Å². The zero-order valence-corrected chi connectivity index (χ0v) is 11.8. The van der Waals surface area contributed by atoms with Crippen LogP contribution in [-0.4, -0.2) is 21.2 Å². The van der Waals surface area contributed by atoms with Crippen molar-refractivity contribution in [3.8, 4) is 0 Å². The fourth-order valence-electron chi connectivity index (χ4n) is 2.52. The van der Waals surface area contributed by atoms with Gasteiger partial charge in [-0.15, -0.1) is 0 Å². The number of sulfone groups is 1. The third-order valence-corrected chi connectivity index (χ3v) is 6.08. The molecule has 0 spiro atoms. The molecule has 0 amide bonds. The summed E-state index contributed by atoms with van der Waals surface area (Å²) in [4.78, 5) is 0. The van der Waals surface area contributed by atoms with Crippen LogP contribution in [0.3, 0.4) is 0 Å². The second-order valence-electron chi connectivity index (χ2n) is 5.37. The molecule has 18 heavy (non-hydrogen) atoms. The smallest absolute Gasteiger partial charge is 0.157 e. The summed E-state index contributed by atoms with van der Waals surface area (Å²) in [6.45, 7) is 2.82. The molecule has 1 saturated carbocycles. The van der Waals surface area contributed by atoms with Gasteiger partial charge in [-0.25, -0.2) is 8.42 Å². The Kier molecular flexibility index (Phi) is 3.52. The van der Waals surface area contributed by atoms with Crippen molar-refractivity contribution in [1.82, 2.24) is 0 Å². The first-order chi connectivity index (χ1) is 8.40. The highest BCUT2D eigenvalue weighted by atomic mass is 32.2. The molecule has 1 fully saturated rings. The van der Waals surface area contributed by atoms with E-state index in [1.54, 1.807) is 0 Å². The topological polar surface area (TPSA) is 60.2 Å². The molecule has 1 unspecified atom stereocenters. The Hall–Kier alpha value is -0.870. The molecule has 0 radical (unpaired) electrons. The first kappa shape index (κ1) is 13.6. The molecule has 4 heteroatoms. The van der Waals surface area contributed by atoms with Crippen LogP contribution < -0.4 is 5.73 Å². The van der Waals surface area contributed by atoms with E-state index in [4.69, 9.17) is 5.73 Å². The molecule has 0 heterocycles. The highest BCUT2D eigenvalue weighted by Gasteiger charge is 2.53. The van der Waals surface area contributed by atoms with Crippen LogP contribution in [0.4, 0.5) is 0 Å². The molecule has 0 aromatic heterocycles. The Morgan fingerprint density at radius 3 is 2.22 bits per heavy atom. The van der Waals surface area contributed by atoms with Crippen molar-refractivity contribution in [2.75, 3.05) is 12.8 Å². The van der Waals surface area contributed by atoms with Gasteiger partial charge in [0.25, 0.3) is 0 Å². The van der Waals surface area contributed by atoms with E-state index in [0.717, 1.165) is 24.8 Å². The van der Waals surface area contributed by atoms with E-state index >= 15 is 0 Å². The molecule has 2 N–H and O–H groups in total. The lowest BCUT2D eigenvalue weighted by atomic mass is 9.96. The van der Waals surface area contributed by atoms with Crippen molar-refractivity contribution >= 4 is 9.84 Å². The molecule has 0 aliphatic heterocycles. The van der Waals surface area contributed by atoms with Gasteiger partial charge in [0.05, 0.1) is 4.75 Å². The van der Waals surface area contributed by atoms with Crippen molar-refractivity contribution in [2.24, 2.45) is 5.73 Å². The van der Waals surface area contributed by atoms with Gasteiger partial charge in [-0.2, -0.15) is 0 Å². The molecule has 1 aliphatic carbocycles. The van der Waals surface area contributed by atoms with Gasteiger partial charge in [-0.05, 0) is 42.9 Å². The molecule has 3 nitrogen and oxygen atoms in total. The maximum atomic E-state index is 11.8. The third kappa shape index (κ3) is 2.31.